The van der Waals surface area contributed by atoms with E-state index < -0.39 is 0 Å². The topological polar surface area (TPSA) is 23.8 Å². The van der Waals surface area contributed by atoms with Gasteiger partial charge in [-0.2, -0.15) is 5.26 Å². The standard InChI is InChI=1S/C11H10FN/c12-11-7-9-3-1-2-8(9)6-10(11)4-5-13/h6-7H,1-4H2. The van der Waals surface area contributed by atoms with Crippen LogP contribution in [0.3, 0.4) is 0 Å². The lowest BCUT2D eigenvalue weighted by molar-refractivity contribution is 0.613. The van der Waals surface area contributed by atoms with Gasteiger partial charge < -0.3 is 0 Å². The molecule has 0 radical (unpaired) electrons. The maximum absolute atomic E-state index is 13.3. The fourth-order valence-corrected chi connectivity index (χ4v) is 1.87. The lowest BCUT2D eigenvalue weighted by Gasteiger charge is -2.03. The van der Waals surface area contributed by atoms with Crippen LogP contribution in [0, 0.1) is 17.1 Å². The van der Waals surface area contributed by atoms with E-state index >= 15 is 0 Å². The summed E-state index contributed by atoms with van der Waals surface area (Å²) in [7, 11) is 0. The molecule has 0 saturated carbocycles. The van der Waals surface area contributed by atoms with E-state index in [1.165, 1.54) is 5.56 Å². The Bertz CT molecular complexity index is 376. The van der Waals surface area contributed by atoms with Crippen LogP contribution in [0.15, 0.2) is 12.1 Å². The third kappa shape index (κ3) is 1.42. The SMILES string of the molecule is N#CCc1cc2c(cc1F)CCC2. The molecule has 0 fully saturated rings. The zero-order chi connectivity index (χ0) is 9.26. The second-order valence-electron chi connectivity index (χ2n) is 3.40. The number of benzene rings is 1. The molecule has 0 saturated heterocycles. The number of aryl methyl sites for hydroxylation is 2. The maximum Gasteiger partial charge on any atom is 0.127 e. The average Bonchev–Trinajstić information content (AvgIpc) is 2.52. The van der Waals surface area contributed by atoms with Gasteiger partial charge in [0.25, 0.3) is 0 Å². The first-order chi connectivity index (χ1) is 6.31. The van der Waals surface area contributed by atoms with Gasteiger partial charge in [0.1, 0.15) is 5.82 Å². The Kier molecular flexibility index (Phi) is 2.02. The van der Waals surface area contributed by atoms with Crippen molar-refractivity contribution < 1.29 is 4.39 Å². The van der Waals surface area contributed by atoms with Crippen LogP contribution in [-0.4, -0.2) is 0 Å². The number of fused-ring (bicyclic) bond motifs is 1. The third-order valence-corrected chi connectivity index (χ3v) is 2.53. The van der Waals surface area contributed by atoms with Crippen molar-refractivity contribution in [3.63, 3.8) is 0 Å². The molecule has 13 heavy (non-hydrogen) atoms. The van der Waals surface area contributed by atoms with Crippen LogP contribution < -0.4 is 0 Å². The number of halogens is 1. The summed E-state index contributed by atoms with van der Waals surface area (Å²) in [5, 5.41) is 8.48. The van der Waals surface area contributed by atoms with Crippen molar-refractivity contribution >= 4 is 0 Å². The van der Waals surface area contributed by atoms with E-state index in [1.54, 1.807) is 6.07 Å². The monoisotopic (exact) mass is 175 g/mol. The van der Waals surface area contributed by atoms with Gasteiger partial charge in [-0.25, -0.2) is 4.39 Å². The molecule has 0 bridgehead atoms. The largest absolute Gasteiger partial charge is 0.207 e. The minimum absolute atomic E-state index is 0.180. The fraction of sp³-hybridized carbons (Fsp3) is 0.364. The number of hydrogen-bond donors (Lipinski definition) is 0. The molecule has 0 spiro atoms. The molecule has 1 aliphatic carbocycles. The minimum Gasteiger partial charge on any atom is -0.207 e. The summed E-state index contributed by atoms with van der Waals surface area (Å²) in [6.07, 6.45) is 3.32. The van der Waals surface area contributed by atoms with E-state index in [2.05, 4.69) is 0 Å². The molecule has 1 aromatic carbocycles. The fourth-order valence-electron chi connectivity index (χ4n) is 1.87. The summed E-state index contributed by atoms with van der Waals surface area (Å²) in [6.45, 7) is 0. The Labute approximate surface area is 76.8 Å². The van der Waals surface area contributed by atoms with E-state index in [4.69, 9.17) is 5.26 Å². The molecular weight excluding hydrogens is 165 g/mol. The molecule has 0 aromatic heterocycles. The highest BCUT2D eigenvalue weighted by Gasteiger charge is 2.14. The van der Waals surface area contributed by atoms with Crippen LogP contribution in [0.25, 0.3) is 0 Å². The van der Waals surface area contributed by atoms with Crippen LogP contribution in [0.4, 0.5) is 4.39 Å². The quantitative estimate of drug-likeness (QED) is 0.642. The summed E-state index contributed by atoms with van der Waals surface area (Å²) >= 11 is 0. The third-order valence-electron chi connectivity index (χ3n) is 2.53. The van der Waals surface area contributed by atoms with Gasteiger partial charge in [0.15, 0.2) is 0 Å². The first-order valence-electron chi connectivity index (χ1n) is 4.48. The van der Waals surface area contributed by atoms with Gasteiger partial charge in [0.2, 0.25) is 0 Å². The van der Waals surface area contributed by atoms with E-state index in [0.717, 1.165) is 24.8 Å². The smallest absolute Gasteiger partial charge is 0.127 e. The van der Waals surface area contributed by atoms with Crippen molar-refractivity contribution in [1.82, 2.24) is 0 Å². The molecule has 1 aromatic rings. The maximum atomic E-state index is 13.3. The lowest BCUT2D eigenvalue weighted by Crippen LogP contribution is -1.93. The van der Waals surface area contributed by atoms with Crippen molar-refractivity contribution in [1.29, 1.82) is 5.26 Å². The molecule has 1 nitrogen and oxygen atoms in total. The van der Waals surface area contributed by atoms with Gasteiger partial charge in [0, 0.05) is 5.56 Å². The van der Waals surface area contributed by atoms with Crippen LogP contribution >= 0.6 is 0 Å². The molecular formula is C11H10FN. The van der Waals surface area contributed by atoms with E-state index in [-0.39, 0.29) is 12.2 Å². The summed E-state index contributed by atoms with van der Waals surface area (Å²) in [5.41, 5.74) is 2.90. The molecule has 2 rings (SSSR count). The van der Waals surface area contributed by atoms with Gasteiger partial charge in [0.05, 0.1) is 12.5 Å². The zero-order valence-corrected chi connectivity index (χ0v) is 7.31. The first-order valence-corrected chi connectivity index (χ1v) is 4.48. The van der Waals surface area contributed by atoms with E-state index in [9.17, 15) is 4.39 Å². The lowest BCUT2D eigenvalue weighted by atomic mass is 10.0. The van der Waals surface area contributed by atoms with Crippen LogP contribution in [0.5, 0.6) is 0 Å². The van der Waals surface area contributed by atoms with Gasteiger partial charge in [-0.05, 0) is 36.5 Å². The molecule has 0 unspecified atom stereocenters. The molecule has 0 N–H and O–H groups in total. The summed E-state index contributed by atoms with van der Waals surface area (Å²) < 4.78 is 13.3. The van der Waals surface area contributed by atoms with E-state index in [0.29, 0.717) is 5.56 Å². The Hall–Kier alpha value is -1.36. The predicted octanol–water partition coefficient (Wildman–Crippen LogP) is 2.38. The van der Waals surface area contributed by atoms with Crippen molar-refractivity contribution in [3.8, 4) is 6.07 Å². The van der Waals surface area contributed by atoms with Gasteiger partial charge >= 0.3 is 0 Å². The number of nitrogens with zero attached hydrogens (tertiary/aromatic N) is 1. The Morgan fingerprint density at radius 3 is 2.69 bits per heavy atom. The molecule has 66 valence electrons. The average molecular weight is 175 g/mol. The molecule has 0 heterocycles. The Morgan fingerprint density at radius 1 is 1.31 bits per heavy atom. The zero-order valence-electron chi connectivity index (χ0n) is 7.31. The summed E-state index contributed by atoms with van der Waals surface area (Å²) in [4.78, 5) is 0. The number of hydrogen-bond acceptors (Lipinski definition) is 1. The number of nitriles is 1. The highest BCUT2D eigenvalue weighted by molar-refractivity contribution is 5.37. The summed E-state index contributed by atoms with van der Waals surface area (Å²) in [6, 6.07) is 5.42. The normalized spacial score (nSPS) is 13.8. The minimum atomic E-state index is -0.220. The van der Waals surface area contributed by atoms with E-state index in [1.807, 2.05) is 12.1 Å². The predicted molar refractivity (Wildman–Crippen MR) is 47.7 cm³/mol. The summed E-state index contributed by atoms with van der Waals surface area (Å²) in [5.74, 6) is -0.220. The number of rotatable bonds is 1. The van der Waals surface area contributed by atoms with Crippen molar-refractivity contribution in [2.45, 2.75) is 25.7 Å². The molecule has 0 aliphatic heterocycles. The molecule has 2 heteroatoms. The van der Waals surface area contributed by atoms with Gasteiger partial charge in [-0.1, -0.05) is 6.07 Å². The van der Waals surface area contributed by atoms with Crippen LogP contribution in [0.1, 0.15) is 23.1 Å². The molecule has 1 aliphatic rings. The Morgan fingerprint density at radius 2 is 2.00 bits per heavy atom. The van der Waals surface area contributed by atoms with Crippen LogP contribution in [-0.2, 0) is 19.3 Å². The van der Waals surface area contributed by atoms with Crippen molar-refractivity contribution in [2.24, 2.45) is 0 Å². The molecule has 0 amide bonds. The van der Waals surface area contributed by atoms with Gasteiger partial charge in [-0.3, -0.25) is 0 Å². The molecule has 0 atom stereocenters. The highest BCUT2D eigenvalue weighted by Crippen LogP contribution is 2.24. The first kappa shape index (κ1) is 8.25. The van der Waals surface area contributed by atoms with Crippen molar-refractivity contribution in [3.05, 3.63) is 34.6 Å². The van der Waals surface area contributed by atoms with Crippen molar-refractivity contribution in [2.75, 3.05) is 0 Å². The second-order valence-corrected chi connectivity index (χ2v) is 3.40. The second kappa shape index (κ2) is 3.18. The van der Waals surface area contributed by atoms with Gasteiger partial charge in [-0.15, -0.1) is 0 Å². The highest BCUT2D eigenvalue weighted by atomic mass is 19.1. The van der Waals surface area contributed by atoms with Crippen LogP contribution in [0.2, 0.25) is 0 Å². The Balaban J connectivity index is 2.44.